The maximum absolute atomic E-state index is 5.33. The van der Waals surface area contributed by atoms with Gasteiger partial charge in [0.05, 0.1) is 12.9 Å². The second-order valence-corrected chi connectivity index (χ2v) is 3.54. The third-order valence-corrected chi connectivity index (χ3v) is 2.61. The molecule has 0 amide bonds. The van der Waals surface area contributed by atoms with Gasteiger partial charge in [0.25, 0.3) is 0 Å². The average Bonchev–Trinajstić information content (AvgIpc) is 2.52. The van der Waals surface area contributed by atoms with Gasteiger partial charge in [-0.1, -0.05) is 19.8 Å². The molecule has 0 aromatic carbocycles. The van der Waals surface area contributed by atoms with E-state index >= 15 is 0 Å². The minimum Gasteiger partial charge on any atom is -0.501 e. The minimum absolute atomic E-state index is 1.18. The van der Waals surface area contributed by atoms with Gasteiger partial charge in [0, 0.05) is 6.42 Å². The van der Waals surface area contributed by atoms with Crippen LogP contribution < -0.4 is 0 Å². The first-order chi connectivity index (χ1) is 5.88. The smallest absolute Gasteiger partial charge is 0.0947 e. The summed E-state index contributed by atoms with van der Waals surface area (Å²) in [6.45, 7) is 2.25. The fraction of sp³-hybridized carbons (Fsp3) is 0.818. The van der Waals surface area contributed by atoms with E-state index in [1.807, 2.05) is 0 Å². The Kier molecular flexibility index (Phi) is 4.20. The fourth-order valence-electron chi connectivity index (χ4n) is 1.88. The molecule has 0 fully saturated rings. The molecule has 0 unspecified atom stereocenters. The number of rotatable bonds is 5. The minimum atomic E-state index is 1.18. The third kappa shape index (κ3) is 2.54. The number of hydrogen-bond donors (Lipinski definition) is 0. The van der Waals surface area contributed by atoms with Crippen LogP contribution >= 0.6 is 0 Å². The van der Waals surface area contributed by atoms with Gasteiger partial charge in [0.15, 0.2) is 0 Å². The molecule has 0 radical (unpaired) electrons. The summed E-state index contributed by atoms with van der Waals surface area (Å²) in [6, 6.07) is 0. The zero-order chi connectivity index (χ0) is 8.81. The third-order valence-electron chi connectivity index (χ3n) is 2.61. The number of methoxy groups -OCH3 is 1. The molecular formula is C11H20O. The Morgan fingerprint density at radius 1 is 1.25 bits per heavy atom. The summed E-state index contributed by atoms with van der Waals surface area (Å²) in [5, 5.41) is 0. The van der Waals surface area contributed by atoms with E-state index < -0.39 is 0 Å². The summed E-state index contributed by atoms with van der Waals surface area (Å²) in [5.41, 5.74) is 1.59. The Labute approximate surface area is 75.8 Å². The van der Waals surface area contributed by atoms with Crippen molar-refractivity contribution >= 4 is 0 Å². The molecular weight excluding hydrogens is 148 g/mol. The van der Waals surface area contributed by atoms with Crippen LogP contribution in [0.5, 0.6) is 0 Å². The van der Waals surface area contributed by atoms with Crippen molar-refractivity contribution in [3.8, 4) is 0 Å². The zero-order valence-corrected chi connectivity index (χ0v) is 8.36. The lowest BCUT2D eigenvalue weighted by Gasteiger charge is -2.05. The van der Waals surface area contributed by atoms with Crippen molar-refractivity contribution < 1.29 is 4.74 Å². The highest BCUT2D eigenvalue weighted by Crippen LogP contribution is 2.29. The van der Waals surface area contributed by atoms with E-state index in [9.17, 15) is 0 Å². The zero-order valence-electron chi connectivity index (χ0n) is 8.36. The quantitative estimate of drug-likeness (QED) is 0.569. The predicted octanol–water partition coefficient (Wildman–Crippen LogP) is 3.65. The van der Waals surface area contributed by atoms with Crippen molar-refractivity contribution in [1.29, 1.82) is 0 Å². The molecule has 70 valence electrons. The van der Waals surface area contributed by atoms with Crippen molar-refractivity contribution in [1.82, 2.24) is 0 Å². The van der Waals surface area contributed by atoms with Gasteiger partial charge in [0.2, 0.25) is 0 Å². The van der Waals surface area contributed by atoms with Crippen molar-refractivity contribution in [3.05, 3.63) is 11.3 Å². The first-order valence-corrected chi connectivity index (χ1v) is 5.13. The van der Waals surface area contributed by atoms with E-state index in [-0.39, 0.29) is 0 Å². The molecule has 0 heterocycles. The lowest BCUT2D eigenvalue weighted by Crippen LogP contribution is -1.87. The molecule has 0 aromatic heterocycles. The monoisotopic (exact) mass is 168 g/mol. The second kappa shape index (κ2) is 5.23. The SMILES string of the molecule is CCCCCC1=C(OC)CCC1. The maximum atomic E-state index is 5.33. The number of hydrogen-bond acceptors (Lipinski definition) is 1. The molecule has 1 aliphatic rings. The molecule has 0 N–H and O–H groups in total. The first-order valence-electron chi connectivity index (χ1n) is 5.13. The normalized spacial score (nSPS) is 17.2. The van der Waals surface area contributed by atoms with Gasteiger partial charge in [-0.25, -0.2) is 0 Å². The summed E-state index contributed by atoms with van der Waals surface area (Å²) in [6.07, 6.45) is 9.07. The van der Waals surface area contributed by atoms with Gasteiger partial charge in [-0.3, -0.25) is 0 Å². The summed E-state index contributed by atoms with van der Waals surface area (Å²) >= 11 is 0. The lowest BCUT2D eigenvalue weighted by molar-refractivity contribution is 0.278. The van der Waals surface area contributed by atoms with Crippen LogP contribution in [0.25, 0.3) is 0 Å². The van der Waals surface area contributed by atoms with Gasteiger partial charge in [-0.2, -0.15) is 0 Å². The molecule has 0 atom stereocenters. The van der Waals surface area contributed by atoms with Gasteiger partial charge in [-0.15, -0.1) is 0 Å². The highest BCUT2D eigenvalue weighted by molar-refractivity contribution is 5.13. The number of unbranched alkanes of at least 4 members (excludes halogenated alkanes) is 2. The number of ether oxygens (including phenoxy) is 1. The molecule has 1 heteroatoms. The molecule has 0 aliphatic heterocycles. The van der Waals surface area contributed by atoms with Crippen LogP contribution in [0.1, 0.15) is 51.9 Å². The summed E-state index contributed by atoms with van der Waals surface area (Å²) in [5.74, 6) is 1.28. The average molecular weight is 168 g/mol. The first kappa shape index (κ1) is 9.63. The second-order valence-electron chi connectivity index (χ2n) is 3.54. The van der Waals surface area contributed by atoms with Crippen LogP contribution in [0, 0.1) is 0 Å². The van der Waals surface area contributed by atoms with E-state index in [4.69, 9.17) is 4.74 Å². The highest BCUT2D eigenvalue weighted by Gasteiger charge is 2.13. The largest absolute Gasteiger partial charge is 0.501 e. The molecule has 12 heavy (non-hydrogen) atoms. The maximum Gasteiger partial charge on any atom is 0.0947 e. The molecule has 0 aromatic rings. The molecule has 0 bridgehead atoms. The van der Waals surface area contributed by atoms with E-state index in [1.165, 1.54) is 50.7 Å². The summed E-state index contributed by atoms with van der Waals surface area (Å²) in [7, 11) is 1.81. The molecule has 1 nitrogen and oxygen atoms in total. The van der Waals surface area contributed by atoms with Crippen molar-refractivity contribution in [2.45, 2.75) is 51.9 Å². The Morgan fingerprint density at radius 3 is 2.75 bits per heavy atom. The van der Waals surface area contributed by atoms with Gasteiger partial charge in [-0.05, 0) is 31.3 Å². The van der Waals surface area contributed by atoms with Crippen LogP contribution in [-0.4, -0.2) is 7.11 Å². The summed E-state index contributed by atoms with van der Waals surface area (Å²) < 4.78 is 5.33. The summed E-state index contributed by atoms with van der Waals surface area (Å²) in [4.78, 5) is 0. The van der Waals surface area contributed by atoms with Gasteiger partial charge < -0.3 is 4.74 Å². The number of allylic oxidation sites excluding steroid dienone is 2. The van der Waals surface area contributed by atoms with Gasteiger partial charge in [0.1, 0.15) is 0 Å². The van der Waals surface area contributed by atoms with Crippen molar-refractivity contribution in [2.24, 2.45) is 0 Å². The Bertz CT molecular complexity index is 158. The van der Waals surface area contributed by atoms with Crippen LogP contribution in [0.3, 0.4) is 0 Å². The predicted molar refractivity (Wildman–Crippen MR) is 52.0 cm³/mol. The van der Waals surface area contributed by atoms with E-state index in [2.05, 4.69) is 6.92 Å². The van der Waals surface area contributed by atoms with E-state index in [0.29, 0.717) is 0 Å². The van der Waals surface area contributed by atoms with Crippen LogP contribution in [0.15, 0.2) is 11.3 Å². The molecule has 1 rings (SSSR count). The Morgan fingerprint density at radius 2 is 2.08 bits per heavy atom. The Balaban J connectivity index is 2.28. The molecule has 1 aliphatic carbocycles. The van der Waals surface area contributed by atoms with Crippen LogP contribution in [0.2, 0.25) is 0 Å². The van der Waals surface area contributed by atoms with E-state index in [1.54, 1.807) is 12.7 Å². The topological polar surface area (TPSA) is 9.23 Å². The fourth-order valence-corrected chi connectivity index (χ4v) is 1.88. The highest BCUT2D eigenvalue weighted by atomic mass is 16.5. The lowest BCUT2D eigenvalue weighted by atomic mass is 10.1. The van der Waals surface area contributed by atoms with Crippen LogP contribution in [-0.2, 0) is 4.74 Å². The van der Waals surface area contributed by atoms with E-state index in [0.717, 1.165) is 0 Å². The molecule has 0 saturated carbocycles. The Hall–Kier alpha value is -0.460. The van der Waals surface area contributed by atoms with Gasteiger partial charge >= 0.3 is 0 Å². The van der Waals surface area contributed by atoms with Crippen molar-refractivity contribution in [3.63, 3.8) is 0 Å². The van der Waals surface area contributed by atoms with Crippen LogP contribution in [0.4, 0.5) is 0 Å². The molecule has 0 saturated heterocycles. The standard InChI is InChI=1S/C11H20O/c1-3-4-5-7-10-8-6-9-11(10)12-2/h3-9H2,1-2H3. The molecule has 0 spiro atoms. The van der Waals surface area contributed by atoms with Crippen molar-refractivity contribution in [2.75, 3.05) is 7.11 Å².